The van der Waals surface area contributed by atoms with E-state index in [-0.39, 0.29) is 23.9 Å². The molecule has 32 heavy (non-hydrogen) atoms. The minimum atomic E-state index is -0.485. The third kappa shape index (κ3) is 4.69. The molecule has 8 heteroatoms. The van der Waals surface area contributed by atoms with Gasteiger partial charge in [0.15, 0.2) is 23.0 Å². The van der Waals surface area contributed by atoms with Gasteiger partial charge in [0.05, 0.1) is 5.39 Å². The molecule has 0 spiro atoms. The number of ether oxygens (including phenoxy) is 2. The fraction of sp³-hybridized carbons (Fsp3) is 0.458. The zero-order valence-electron chi connectivity index (χ0n) is 19.2. The Kier molecular flexibility index (Phi) is 5.79. The molecule has 0 saturated heterocycles. The highest BCUT2D eigenvalue weighted by molar-refractivity contribution is 6.00. The van der Waals surface area contributed by atoms with Crippen molar-refractivity contribution < 1.29 is 18.7 Å². The predicted octanol–water partition coefficient (Wildman–Crippen LogP) is 5.39. The number of aryl methyl sites for hydroxylation is 1. The van der Waals surface area contributed by atoms with Gasteiger partial charge < -0.3 is 14.8 Å². The topological polar surface area (TPSA) is 78.3 Å². The lowest BCUT2D eigenvalue weighted by Crippen LogP contribution is -2.20. The summed E-state index contributed by atoms with van der Waals surface area (Å²) in [4.78, 5) is 17.2. The van der Waals surface area contributed by atoms with Gasteiger partial charge >= 0.3 is 0 Å². The Balaban J connectivity index is 1.74. The van der Waals surface area contributed by atoms with Crippen molar-refractivity contribution in [1.82, 2.24) is 14.8 Å². The summed E-state index contributed by atoms with van der Waals surface area (Å²) in [7, 11) is 0. The second-order valence-electron chi connectivity index (χ2n) is 9.83. The van der Waals surface area contributed by atoms with E-state index >= 15 is 0 Å². The molecule has 7 nitrogen and oxygen atoms in total. The molecule has 0 fully saturated rings. The molecule has 0 atom stereocenters. The molecule has 3 heterocycles. The van der Waals surface area contributed by atoms with Crippen molar-refractivity contribution >= 4 is 22.8 Å². The van der Waals surface area contributed by atoms with Gasteiger partial charge in [-0.1, -0.05) is 34.6 Å². The highest BCUT2D eigenvalue weighted by Crippen LogP contribution is 2.39. The summed E-state index contributed by atoms with van der Waals surface area (Å²) in [6.45, 7) is 11.0. The first kappa shape index (κ1) is 22.0. The van der Waals surface area contributed by atoms with Crippen LogP contribution in [-0.2, 0) is 11.3 Å². The van der Waals surface area contributed by atoms with Gasteiger partial charge in [-0.15, -0.1) is 0 Å². The van der Waals surface area contributed by atoms with Crippen LogP contribution in [0.1, 0.15) is 47.5 Å². The zero-order chi connectivity index (χ0) is 23.0. The van der Waals surface area contributed by atoms with E-state index in [2.05, 4.69) is 29.2 Å². The van der Waals surface area contributed by atoms with Crippen LogP contribution in [0.15, 0.2) is 24.4 Å². The number of aromatic nitrogens is 3. The summed E-state index contributed by atoms with van der Waals surface area (Å²) in [6.07, 6.45) is 2.99. The largest absolute Gasteiger partial charge is 0.453 e. The second-order valence-corrected chi connectivity index (χ2v) is 9.83. The number of hydrogen-bond acceptors (Lipinski definition) is 5. The van der Waals surface area contributed by atoms with Gasteiger partial charge in [-0.2, -0.15) is 5.10 Å². The maximum Gasteiger partial charge on any atom is 0.231 e. The Morgan fingerprint density at radius 3 is 2.72 bits per heavy atom. The number of hydrogen-bond donors (Lipinski definition) is 1. The fourth-order valence-corrected chi connectivity index (χ4v) is 3.64. The van der Waals surface area contributed by atoms with E-state index in [1.54, 1.807) is 12.3 Å². The summed E-state index contributed by atoms with van der Waals surface area (Å²) in [5.74, 6) is 0.873. The number of benzene rings is 1. The average molecular weight is 441 g/mol. The number of halogens is 1. The quantitative estimate of drug-likeness (QED) is 0.556. The maximum absolute atomic E-state index is 14.4. The summed E-state index contributed by atoms with van der Waals surface area (Å²) in [6, 6.07) is 5.01. The molecule has 0 bridgehead atoms. The van der Waals surface area contributed by atoms with Crippen LogP contribution in [0.25, 0.3) is 22.2 Å². The van der Waals surface area contributed by atoms with Crippen LogP contribution in [-0.4, -0.2) is 27.5 Å². The Hall–Kier alpha value is -3.16. The number of pyridine rings is 1. The number of nitrogens with one attached hydrogen (secondary N) is 1. The van der Waals surface area contributed by atoms with Crippen LogP contribution >= 0.6 is 0 Å². The number of carbonyl (C=O) groups excluding carboxylic acids is 1. The number of anilines is 1. The average Bonchev–Trinajstić information content (AvgIpc) is 3.30. The summed E-state index contributed by atoms with van der Waals surface area (Å²) < 4.78 is 26.8. The normalized spacial score (nSPS) is 13.2. The fourth-order valence-electron chi connectivity index (χ4n) is 3.64. The second kappa shape index (κ2) is 8.41. The standard InChI is InChI=1S/C24H29FN4O3/c1-14(2)6-7-29-23-17(22(28-29)27-20(30)11-24(3,4)5)8-16(12-26-23)15-9-18(25)21-19(10-15)31-13-32-21/h8-10,12,14H,6-7,11,13H2,1-5H3,(H,27,28,30). The van der Waals surface area contributed by atoms with Crippen molar-refractivity contribution in [3.05, 3.63) is 30.2 Å². The van der Waals surface area contributed by atoms with E-state index in [9.17, 15) is 9.18 Å². The molecular formula is C24H29FN4O3. The van der Waals surface area contributed by atoms with Crippen LogP contribution in [0.5, 0.6) is 11.5 Å². The molecule has 1 aliphatic rings. The van der Waals surface area contributed by atoms with Crippen LogP contribution < -0.4 is 14.8 Å². The first-order chi connectivity index (χ1) is 15.1. The van der Waals surface area contributed by atoms with Crippen LogP contribution in [0.3, 0.4) is 0 Å². The van der Waals surface area contributed by atoms with E-state index in [0.717, 1.165) is 6.42 Å². The van der Waals surface area contributed by atoms with Crippen molar-refractivity contribution in [2.75, 3.05) is 12.1 Å². The highest BCUT2D eigenvalue weighted by Gasteiger charge is 2.22. The third-order valence-electron chi connectivity index (χ3n) is 5.21. The SMILES string of the molecule is CC(C)CCn1nc(NC(=O)CC(C)(C)C)c2cc(-c3cc(F)c4c(c3)OCO4)cnc21. The van der Waals surface area contributed by atoms with E-state index in [1.807, 2.05) is 31.5 Å². The maximum atomic E-state index is 14.4. The minimum Gasteiger partial charge on any atom is -0.453 e. The zero-order valence-corrected chi connectivity index (χ0v) is 19.2. The van der Waals surface area contributed by atoms with Crippen molar-refractivity contribution in [2.45, 2.75) is 54.0 Å². The number of fused-ring (bicyclic) bond motifs is 2. The molecule has 0 aliphatic carbocycles. The summed E-state index contributed by atoms with van der Waals surface area (Å²) in [5.41, 5.74) is 1.85. The molecule has 4 rings (SSSR count). The predicted molar refractivity (Wildman–Crippen MR) is 121 cm³/mol. The molecule has 0 radical (unpaired) electrons. The number of rotatable bonds is 6. The Morgan fingerprint density at radius 1 is 1.22 bits per heavy atom. The molecule has 1 N–H and O–H groups in total. The molecule has 1 aromatic carbocycles. The Bertz CT molecular complexity index is 1160. The van der Waals surface area contributed by atoms with Crippen LogP contribution in [0, 0.1) is 17.2 Å². The van der Waals surface area contributed by atoms with E-state index < -0.39 is 5.82 Å². The van der Waals surface area contributed by atoms with Crippen molar-refractivity contribution in [2.24, 2.45) is 11.3 Å². The van der Waals surface area contributed by atoms with Crippen molar-refractivity contribution in [3.8, 4) is 22.6 Å². The van der Waals surface area contributed by atoms with Gasteiger partial charge in [0.25, 0.3) is 0 Å². The first-order valence-corrected chi connectivity index (χ1v) is 10.9. The lowest BCUT2D eigenvalue weighted by molar-refractivity contribution is -0.117. The van der Waals surface area contributed by atoms with E-state index in [1.165, 1.54) is 6.07 Å². The van der Waals surface area contributed by atoms with Gasteiger partial charge in [0.1, 0.15) is 0 Å². The number of nitrogens with zero attached hydrogens (tertiary/aromatic N) is 3. The monoisotopic (exact) mass is 440 g/mol. The lowest BCUT2D eigenvalue weighted by atomic mass is 9.92. The van der Waals surface area contributed by atoms with Crippen LogP contribution in [0.2, 0.25) is 0 Å². The molecule has 3 aromatic rings. The van der Waals surface area contributed by atoms with E-state index in [0.29, 0.717) is 52.6 Å². The molecule has 0 saturated carbocycles. The Morgan fingerprint density at radius 2 is 2.00 bits per heavy atom. The smallest absolute Gasteiger partial charge is 0.231 e. The molecule has 0 unspecified atom stereocenters. The van der Waals surface area contributed by atoms with E-state index in [4.69, 9.17) is 9.47 Å². The summed E-state index contributed by atoms with van der Waals surface area (Å²) in [5, 5.41) is 8.31. The molecule has 1 amide bonds. The number of carbonyl (C=O) groups is 1. The van der Waals surface area contributed by atoms with Crippen molar-refractivity contribution in [1.29, 1.82) is 0 Å². The molecule has 2 aromatic heterocycles. The molecule has 170 valence electrons. The van der Waals surface area contributed by atoms with Gasteiger partial charge in [0, 0.05) is 24.7 Å². The van der Waals surface area contributed by atoms with Gasteiger partial charge in [-0.25, -0.2) is 14.1 Å². The van der Waals surface area contributed by atoms with Gasteiger partial charge in [0.2, 0.25) is 18.4 Å². The highest BCUT2D eigenvalue weighted by atomic mass is 19.1. The lowest BCUT2D eigenvalue weighted by Gasteiger charge is -2.16. The minimum absolute atomic E-state index is 0.000427. The summed E-state index contributed by atoms with van der Waals surface area (Å²) >= 11 is 0. The van der Waals surface area contributed by atoms with Gasteiger partial charge in [-0.05, 0) is 41.5 Å². The van der Waals surface area contributed by atoms with Crippen molar-refractivity contribution in [3.63, 3.8) is 0 Å². The molecular weight excluding hydrogens is 411 g/mol. The molecule has 1 aliphatic heterocycles. The Labute approximate surface area is 186 Å². The number of amides is 1. The first-order valence-electron chi connectivity index (χ1n) is 10.9. The van der Waals surface area contributed by atoms with Gasteiger partial charge in [-0.3, -0.25) is 4.79 Å². The van der Waals surface area contributed by atoms with Crippen LogP contribution in [0.4, 0.5) is 10.2 Å². The third-order valence-corrected chi connectivity index (χ3v) is 5.21.